The summed E-state index contributed by atoms with van der Waals surface area (Å²) in [6.07, 6.45) is 3.41. The predicted octanol–water partition coefficient (Wildman–Crippen LogP) is 3.77. The number of nitriles is 1. The van der Waals surface area contributed by atoms with Gasteiger partial charge in [-0.05, 0) is 49.4 Å². The molecular formula is C21H22N4O. The second-order valence-corrected chi connectivity index (χ2v) is 7.36. The average Bonchev–Trinajstić information content (AvgIpc) is 3.41. The molecule has 4 heterocycles. The van der Waals surface area contributed by atoms with Crippen LogP contribution in [-0.2, 0) is 4.74 Å². The SMILES string of the molecule is Cc1c(C2CCOC2)c(C#N)c2nc3ccccc3n2c1N1CCCC1. The lowest BCUT2D eigenvalue weighted by atomic mass is 9.90. The van der Waals surface area contributed by atoms with Crippen molar-refractivity contribution in [2.75, 3.05) is 31.2 Å². The standard InChI is InChI=1S/C21H22N4O/c1-14-19(15-8-11-26-13-15)16(12-22)20-23-17-6-2-3-7-18(17)25(20)21(14)24-9-4-5-10-24/h2-3,6-7,15H,4-5,8-11,13H2,1H3. The molecule has 0 N–H and O–H groups in total. The Morgan fingerprint density at radius 1 is 1.23 bits per heavy atom. The summed E-state index contributed by atoms with van der Waals surface area (Å²) >= 11 is 0. The maximum absolute atomic E-state index is 10.0. The van der Waals surface area contributed by atoms with Crippen LogP contribution < -0.4 is 4.90 Å². The van der Waals surface area contributed by atoms with Crippen molar-refractivity contribution in [3.8, 4) is 6.07 Å². The molecule has 1 atom stereocenters. The number of rotatable bonds is 2. The number of pyridine rings is 1. The molecule has 0 saturated carbocycles. The number of imidazole rings is 1. The lowest BCUT2D eigenvalue weighted by molar-refractivity contribution is 0.194. The topological polar surface area (TPSA) is 53.6 Å². The number of para-hydroxylation sites is 2. The number of aromatic nitrogens is 2. The number of benzene rings is 1. The molecule has 2 fully saturated rings. The first-order valence-corrected chi connectivity index (χ1v) is 9.46. The Balaban J connectivity index is 1.92. The quantitative estimate of drug-likeness (QED) is 0.709. The van der Waals surface area contributed by atoms with Gasteiger partial charge >= 0.3 is 0 Å². The zero-order valence-electron chi connectivity index (χ0n) is 15.0. The van der Waals surface area contributed by atoms with Gasteiger partial charge in [-0.2, -0.15) is 5.26 Å². The minimum atomic E-state index is 0.288. The summed E-state index contributed by atoms with van der Waals surface area (Å²) in [5, 5.41) is 10.0. The van der Waals surface area contributed by atoms with E-state index in [1.54, 1.807) is 0 Å². The molecule has 2 aliphatic heterocycles. The highest BCUT2D eigenvalue weighted by molar-refractivity contribution is 5.86. The molecule has 5 heteroatoms. The first-order valence-electron chi connectivity index (χ1n) is 9.46. The van der Waals surface area contributed by atoms with Gasteiger partial charge in [-0.1, -0.05) is 12.1 Å². The van der Waals surface area contributed by atoms with Crippen molar-refractivity contribution >= 4 is 22.5 Å². The van der Waals surface area contributed by atoms with E-state index in [-0.39, 0.29) is 5.92 Å². The summed E-state index contributed by atoms with van der Waals surface area (Å²) in [6, 6.07) is 10.7. The number of nitrogens with zero attached hydrogens (tertiary/aromatic N) is 4. The number of hydrogen-bond acceptors (Lipinski definition) is 4. The molecule has 0 bridgehead atoms. The first-order chi connectivity index (χ1) is 12.8. The third-order valence-electron chi connectivity index (χ3n) is 5.86. The van der Waals surface area contributed by atoms with Crippen LogP contribution in [0.25, 0.3) is 16.7 Å². The van der Waals surface area contributed by atoms with Crippen LogP contribution in [0.15, 0.2) is 24.3 Å². The summed E-state index contributed by atoms with van der Waals surface area (Å²) in [5.74, 6) is 1.50. The lowest BCUT2D eigenvalue weighted by Gasteiger charge is -2.26. The Labute approximate surface area is 152 Å². The molecule has 5 nitrogen and oxygen atoms in total. The van der Waals surface area contributed by atoms with Crippen LogP contribution in [0.3, 0.4) is 0 Å². The van der Waals surface area contributed by atoms with Crippen LogP contribution in [0.4, 0.5) is 5.82 Å². The van der Waals surface area contributed by atoms with Gasteiger partial charge in [-0.15, -0.1) is 0 Å². The molecule has 2 aromatic heterocycles. The molecule has 1 aromatic carbocycles. The molecule has 132 valence electrons. The minimum absolute atomic E-state index is 0.288. The molecule has 1 unspecified atom stereocenters. The first kappa shape index (κ1) is 15.7. The Bertz CT molecular complexity index is 1030. The number of ether oxygens (including phenoxy) is 1. The Kier molecular flexibility index (Phi) is 3.61. The van der Waals surface area contributed by atoms with Crippen LogP contribution in [0.2, 0.25) is 0 Å². The van der Waals surface area contributed by atoms with E-state index in [4.69, 9.17) is 9.72 Å². The summed E-state index contributed by atoms with van der Waals surface area (Å²) in [6.45, 7) is 5.78. The minimum Gasteiger partial charge on any atom is -0.381 e. The molecule has 0 radical (unpaired) electrons. The lowest BCUT2D eigenvalue weighted by Crippen LogP contribution is -2.23. The summed E-state index contributed by atoms with van der Waals surface area (Å²) in [5.41, 5.74) is 5.91. The number of fused-ring (bicyclic) bond motifs is 3. The monoisotopic (exact) mass is 346 g/mol. The average molecular weight is 346 g/mol. The van der Waals surface area contributed by atoms with Gasteiger partial charge in [-0.25, -0.2) is 4.98 Å². The third-order valence-corrected chi connectivity index (χ3v) is 5.86. The van der Waals surface area contributed by atoms with Gasteiger partial charge in [0.05, 0.1) is 23.2 Å². The zero-order chi connectivity index (χ0) is 17.7. The highest BCUT2D eigenvalue weighted by Gasteiger charge is 2.30. The Hall–Kier alpha value is -2.58. The van der Waals surface area contributed by atoms with Gasteiger partial charge in [0, 0.05) is 25.6 Å². The van der Waals surface area contributed by atoms with Crippen LogP contribution >= 0.6 is 0 Å². The van der Waals surface area contributed by atoms with Crippen molar-refractivity contribution in [2.45, 2.75) is 32.1 Å². The fourth-order valence-corrected chi connectivity index (χ4v) is 4.69. The fraction of sp³-hybridized carbons (Fsp3) is 0.429. The van der Waals surface area contributed by atoms with Crippen molar-refractivity contribution in [2.24, 2.45) is 0 Å². The molecule has 5 rings (SSSR count). The summed E-state index contributed by atoms with van der Waals surface area (Å²) < 4.78 is 7.87. The number of hydrogen-bond donors (Lipinski definition) is 0. The van der Waals surface area contributed by atoms with E-state index < -0.39 is 0 Å². The molecule has 2 saturated heterocycles. The fourth-order valence-electron chi connectivity index (χ4n) is 4.69. The highest BCUT2D eigenvalue weighted by atomic mass is 16.5. The largest absolute Gasteiger partial charge is 0.381 e. The normalized spacial score (nSPS) is 20.3. The molecule has 0 spiro atoms. The van der Waals surface area contributed by atoms with E-state index in [1.807, 2.05) is 18.2 Å². The van der Waals surface area contributed by atoms with Crippen molar-refractivity contribution in [3.63, 3.8) is 0 Å². The predicted molar refractivity (Wildman–Crippen MR) is 102 cm³/mol. The van der Waals surface area contributed by atoms with Crippen molar-refractivity contribution in [1.29, 1.82) is 5.26 Å². The maximum atomic E-state index is 10.0. The van der Waals surface area contributed by atoms with E-state index >= 15 is 0 Å². The summed E-state index contributed by atoms with van der Waals surface area (Å²) in [4.78, 5) is 7.33. The van der Waals surface area contributed by atoms with Gasteiger partial charge in [0.15, 0.2) is 5.65 Å². The Morgan fingerprint density at radius 2 is 2.04 bits per heavy atom. The molecule has 0 amide bonds. The summed E-state index contributed by atoms with van der Waals surface area (Å²) in [7, 11) is 0. The molecular weight excluding hydrogens is 324 g/mol. The molecule has 2 aliphatic rings. The van der Waals surface area contributed by atoms with Gasteiger partial charge in [0.2, 0.25) is 0 Å². The Morgan fingerprint density at radius 3 is 2.77 bits per heavy atom. The van der Waals surface area contributed by atoms with Crippen LogP contribution in [-0.4, -0.2) is 35.7 Å². The third kappa shape index (κ3) is 2.15. The maximum Gasteiger partial charge on any atom is 0.157 e. The second-order valence-electron chi connectivity index (χ2n) is 7.36. The van der Waals surface area contributed by atoms with E-state index in [0.29, 0.717) is 6.61 Å². The molecule has 26 heavy (non-hydrogen) atoms. The van der Waals surface area contributed by atoms with E-state index in [9.17, 15) is 5.26 Å². The highest BCUT2D eigenvalue weighted by Crippen LogP contribution is 2.39. The zero-order valence-corrected chi connectivity index (χ0v) is 15.0. The van der Waals surface area contributed by atoms with E-state index in [1.165, 1.54) is 24.2 Å². The van der Waals surface area contributed by atoms with Crippen molar-refractivity contribution in [3.05, 3.63) is 41.0 Å². The van der Waals surface area contributed by atoms with Gasteiger partial charge in [0.25, 0.3) is 0 Å². The van der Waals surface area contributed by atoms with Crippen LogP contribution in [0, 0.1) is 18.3 Å². The second kappa shape index (κ2) is 6.00. The van der Waals surface area contributed by atoms with Gasteiger partial charge in [-0.3, -0.25) is 4.40 Å². The van der Waals surface area contributed by atoms with E-state index in [0.717, 1.165) is 53.9 Å². The smallest absolute Gasteiger partial charge is 0.157 e. The molecule has 0 aliphatic carbocycles. The van der Waals surface area contributed by atoms with Gasteiger partial charge < -0.3 is 9.64 Å². The number of anilines is 1. The van der Waals surface area contributed by atoms with Crippen LogP contribution in [0.5, 0.6) is 0 Å². The van der Waals surface area contributed by atoms with Crippen molar-refractivity contribution in [1.82, 2.24) is 9.38 Å². The van der Waals surface area contributed by atoms with E-state index in [2.05, 4.69) is 28.4 Å². The van der Waals surface area contributed by atoms with Gasteiger partial charge in [0.1, 0.15) is 11.9 Å². The van der Waals surface area contributed by atoms with Crippen molar-refractivity contribution < 1.29 is 4.74 Å². The molecule has 3 aromatic rings. The van der Waals surface area contributed by atoms with Crippen LogP contribution in [0.1, 0.15) is 41.9 Å².